The van der Waals surface area contributed by atoms with Crippen LogP contribution in [0.3, 0.4) is 0 Å². The Labute approximate surface area is 164 Å². The lowest BCUT2D eigenvalue weighted by molar-refractivity contribution is -0.122. The Morgan fingerprint density at radius 3 is 2.70 bits per heavy atom. The normalized spacial score (nSPS) is 16.8. The fourth-order valence-electron chi connectivity index (χ4n) is 3.94. The lowest BCUT2D eigenvalue weighted by atomic mass is 9.89. The molecule has 5 heteroatoms. The summed E-state index contributed by atoms with van der Waals surface area (Å²) in [6.45, 7) is 3.11. The average molecular weight is 381 g/mol. The van der Waals surface area contributed by atoms with Gasteiger partial charge >= 0.3 is 0 Å². The highest BCUT2D eigenvalue weighted by molar-refractivity contribution is 6.30. The van der Waals surface area contributed by atoms with Gasteiger partial charge in [0.05, 0.1) is 5.69 Å². The number of halogens is 1. The highest BCUT2D eigenvalue weighted by atomic mass is 35.5. The van der Waals surface area contributed by atoms with Crippen LogP contribution in [0.15, 0.2) is 47.9 Å². The van der Waals surface area contributed by atoms with Crippen LogP contribution in [0.4, 0.5) is 0 Å². The zero-order valence-corrected chi connectivity index (χ0v) is 16.1. The Hall–Kier alpha value is -2.39. The number of aromatic nitrogens is 1. The minimum Gasteiger partial charge on any atom is -0.399 e. The first-order valence-electron chi connectivity index (χ1n) is 9.25. The van der Waals surface area contributed by atoms with Crippen LogP contribution < -0.4 is 0 Å². The molecule has 0 bridgehead atoms. The molecule has 1 aromatic heterocycles. The molecule has 0 saturated carbocycles. The van der Waals surface area contributed by atoms with E-state index in [1.165, 1.54) is 27.8 Å². The molecule has 1 aromatic carbocycles. The Kier molecular flexibility index (Phi) is 5.13. The van der Waals surface area contributed by atoms with E-state index >= 15 is 0 Å². The number of hydrogen-bond donors (Lipinski definition) is 0. The molecule has 0 spiro atoms. The Morgan fingerprint density at radius 2 is 1.93 bits per heavy atom. The summed E-state index contributed by atoms with van der Waals surface area (Å²) in [7, 11) is 0. The molecule has 2 aliphatic rings. The van der Waals surface area contributed by atoms with Crippen LogP contribution in [0.25, 0.3) is 5.57 Å². The smallest absolute Gasteiger partial charge is 0.204 e. The van der Waals surface area contributed by atoms with E-state index in [0.29, 0.717) is 0 Å². The second-order valence-electron chi connectivity index (χ2n) is 6.97. The predicted molar refractivity (Wildman–Crippen MR) is 106 cm³/mol. The summed E-state index contributed by atoms with van der Waals surface area (Å²) in [4.78, 5) is 21.0. The summed E-state index contributed by atoms with van der Waals surface area (Å²) in [5, 5.41) is 2.61. The number of aryl methyl sites for hydroxylation is 2. The van der Waals surface area contributed by atoms with Crippen molar-refractivity contribution < 1.29 is 9.63 Å². The third-order valence-corrected chi connectivity index (χ3v) is 5.45. The molecule has 1 fully saturated rings. The van der Waals surface area contributed by atoms with E-state index in [-0.39, 0.29) is 5.76 Å². The van der Waals surface area contributed by atoms with Gasteiger partial charge in [0.15, 0.2) is 5.94 Å². The number of fused-ring (bicyclic) bond motifs is 2. The van der Waals surface area contributed by atoms with Crippen molar-refractivity contribution in [2.45, 2.75) is 32.6 Å². The minimum atomic E-state index is 0.271. The van der Waals surface area contributed by atoms with Gasteiger partial charge in [-0.05, 0) is 60.6 Å². The van der Waals surface area contributed by atoms with E-state index in [4.69, 9.17) is 21.4 Å². The molecule has 0 radical (unpaired) electrons. The maximum absolute atomic E-state index is 10.7. The summed E-state index contributed by atoms with van der Waals surface area (Å²) in [5.74, 6) is 2.07. The standard InChI is InChI=1S/C22H21ClN2O2/c1-15(14-26)27-25-11-8-16(9-12-25)21-20-7-6-19(23)13-18(20)5-4-17-3-2-10-24-22(17)21/h2-3,6-7,10,13H,4-5,8-9,11-12H2,1H3. The zero-order valence-electron chi connectivity index (χ0n) is 15.3. The fourth-order valence-corrected chi connectivity index (χ4v) is 4.14. The number of benzene rings is 1. The van der Waals surface area contributed by atoms with Gasteiger partial charge in [0.25, 0.3) is 0 Å². The molecule has 4 nitrogen and oxygen atoms in total. The van der Waals surface area contributed by atoms with Gasteiger partial charge in [-0.3, -0.25) is 4.98 Å². The molecule has 27 heavy (non-hydrogen) atoms. The second kappa shape index (κ2) is 7.69. The van der Waals surface area contributed by atoms with Crippen molar-refractivity contribution >= 4 is 23.1 Å². The highest BCUT2D eigenvalue weighted by Crippen LogP contribution is 2.38. The number of allylic oxidation sites excluding steroid dienone is 1. The van der Waals surface area contributed by atoms with Crippen molar-refractivity contribution in [3.05, 3.63) is 75.3 Å². The molecule has 0 atom stereocenters. The monoisotopic (exact) mass is 380 g/mol. The van der Waals surface area contributed by atoms with Gasteiger partial charge in [0.2, 0.25) is 5.76 Å². The predicted octanol–water partition coefficient (Wildman–Crippen LogP) is 4.40. The van der Waals surface area contributed by atoms with Crippen LogP contribution in [0, 0.1) is 0 Å². The van der Waals surface area contributed by atoms with Gasteiger partial charge < -0.3 is 4.84 Å². The van der Waals surface area contributed by atoms with E-state index in [1.54, 1.807) is 12.9 Å². The summed E-state index contributed by atoms with van der Waals surface area (Å²) in [6.07, 6.45) is 5.55. The quantitative estimate of drug-likeness (QED) is 0.572. The number of rotatable bonds is 2. The number of nitrogens with zero attached hydrogens (tertiary/aromatic N) is 2. The Bertz CT molecular complexity index is 951. The molecule has 0 N–H and O–H groups in total. The van der Waals surface area contributed by atoms with Crippen LogP contribution in [0.2, 0.25) is 5.02 Å². The zero-order chi connectivity index (χ0) is 18.8. The van der Waals surface area contributed by atoms with Crippen molar-refractivity contribution in [2.75, 3.05) is 13.1 Å². The van der Waals surface area contributed by atoms with Crippen molar-refractivity contribution in [1.29, 1.82) is 0 Å². The summed E-state index contributed by atoms with van der Waals surface area (Å²) in [5.41, 5.74) is 7.52. The molecular weight excluding hydrogens is 360 g/mol. The first-order valence-corrected chi connectivity index (χ1v) is 9.63. The molecule has 138 valence electrons. The van der Waals surface area contributed by atoms with Crippen LogP contribution in [0.5, 0.6) is 0 Å². The van der Waals surface area contributed by atoms with Crippen LogP contribution in [-0.2, 0) is 22.5 Å². The van der Waals surface area contributed by atoms with Crippen LogP contribution in [-0.4, -0.2) is 29.1 Å². The molecule has 1 aliphatic carbocycles. The van der Waals surface area contributed by atoms with Crippen LogP contribution >= 0.6 is 11.6 Å². The van der Waals surface area contributed by atoms with E-state index in [2.05, 4.69) is 18.2 Å². The summed E-state index contributed by atoms with van der Waals surface area (Å²) < 4.78 is 0. The first-order chi connectivity index (χ1) is 13.2. The number of piperidine rings is 1. The van der Waals surface area contributed by atoms with Gasteiger partial charge in [-0.25, -0.2) is 4.79 Å². The van der Waals surface area contributed by atoms with Gasteiger partial charge in [-0.1, -0.05) is 29.3 Å². The van der Waals surface area contributed by atoms with E-state index in [0.717, 1.165) is 49.5 Å². The average Bonchev–Trinajstić information content (AvgIpc) is 2.85. The Morgan fingerprint density at radius 1 is 1.15 bits per heavy atom. The highest BCUT2D eigenvalue weighted by Gasteiger charge is 2.25. The summed E-state index contributed by atoms with van der Waals surface area (Å²) in [6, 6.07) is 10.4. The molecule has 2 heterocycles. The third-order valence-electron chi connectivity index (χ3n) is 5.22. The lowest BCUT2D eigenvalue weighted by Gasteiger charge is -2.29. The SMILES string of the molecule is CC(=C=O)ON1CCC(=C2c3ccc(Cl)cc3CCc3cccnc32)CC1. The lowest BCUT2D eigenvalue weighted by Crippen LogP contribution is -2.31. The number of carbonyl (C=O) groups excluding carboxylic acids is 1. The molecule has 1 saturated heterocycles. The molecule has 0 unspecified atom stereocenters. The molecule has 2 aromatic rings. The van der Waals surface area contributed by atoms with Crippen molar-refractivity contribution in [1.82, 2.24) is 10.0 Å². The number of pyridine rings is 1. The van der Waals surface area contributed by atoms with Gasteiger partial charge in [0, 0.05) is 36.8 Å². The van der Waals surface area contributed by atoms with E-state index in [9.17, 15) is 4.79 Å². The fraction of sp³-hybridized carbons (Fsp3) is 0.318. The summed E-state index contributed by atoms with van der Waals surface area (Å²) >= 11 is 6.27. The third kappa shape index (κ3) is 3.70. The first kappa shape index (κ1) is 18.0. The van der Waals surface area contributed by atoms with Gasteiger partial charge in [-0.15, -0.1) is 5.06 Å². The second-order valence-corrected chi connectivity index (χ2v) is 7.41. The van der Waals surface area contributed by atoms with Crippen LogP contribution in [0.1, 0.15) is 42.1 Å². The Balaban J connectivity index is 1.75. The molecule has 4 rings (SSSR count). The topological polar surface area (TPSA) is 42.4 Å². The van der Waals surface area contributed by atoms with E-state index in [1.807, 2.05) is 23.4 Å². The van der Waals surface area contributed by atoms with E-state index < -0.39 is 0 Å². The minimum absolute atomic E-state index is 0.271. The van der Waals surface area contributed by atoms with Crippen molar-refractivity contribution in [3.63, 3.8) is 0 Å². The van der Waals surface area contributed by atoms with Crippen molar-refractivity contribution in [2.24, 2.45) is 0 Å². The molecule has 1 aliphatic heterocycles. The maximum atomic E-state index is 10.7. The number of hydroxylamine groups is 2. The van der Waals surface area contributed by atoms with Gasteiger partial charge in [-0.2, -0.15) is 0 Å². The van der Waals surface area contributed by atoms with Crippen molar-refractivity contribution in [3.8, 4) is 0 Å². The molecule has 0 amide bonds. The largest absolute Gasteiger partial charge is 0.399 e. The maximum Gasteiger partial charge on any atom is 0.204 e. The van der Waals surface area contributed by atoms with Gasteiger partial charge in [0.1, 0.15) is 0 Å². The number of hydrogen-bond acceptors (Lipinski definition) is 4. The molecular formula is C22H21ClN2O2.